The predicted molar refractivity (Wildman–Crippen MR) is 67.1 cm³/mol. The van der Waals surface area contributed by atoms with Gasteiger partial charge >= 0.3 is 0 Å². The fourth-order valence-electron chi connectivity index (χ4n) is 1.91. The minimum Gasteiger partial charge on any atom is -0.321 e. The lowest BCUT2D eigenvalue weighted by atomic mass is 10.1. The van der Waals surface area contributed by atoms with E-state index < -0.39 is 0 Å². The van der Waals surface area contributed by atoms with Crippen LogP contribution in [0.2, 0.25) is 0 Å². The summed E-state index contributed by atoms with van der Waals surface area (Å²) >= 11 is 0. The van der Waals surface area contributed by atoms with Crippen LogP contribution < -0.4 is 5.32 Å². The molecular formula is C14H9FN2O. The van der Waals surface area contributed by atoms with Crippen LogP contribution in [-0.2, 0) is 4.79 Å². The summed E-state index contributed by atoms with van der Waals surface area (Å²) in [4.78, 5) is 15.9. The third-order valence-electron chi connectivity index (χ3n) is 2.74. The SMILES string of the molecule is O=C1Nc2ccc(F)cc2/C1=C/c1ccccn1. The van der Waals surface area contributed by atoms with E-state index in [1.54, 1.807) is 30.5 Å². The molecule has 88 valence electrons. The van der Waals surface area contributed by atoms with Gasteiger partial charge in [0.2, 0.25) is 0 Å². The molecule has 4 heteroatoms. The van der Waals surface area contributed by atoms with E-state index in [0.717, 1.165) is 0 Å². The van der Waals surface area contributed by atoms with Crippen molar-refractivity contribution in [3.8, 4) is 0 Å². The van der Waals surface area contributed by atoms with Crippen molar-refractivity contribution in [2.24, 2.45) is 0 Å². The molecule has 0 bridgehead atoms. The maximum atomic E-state index is 13.2. The summed E-state index contributed by atoms with van der Waals surface area (Å²) in [7, 11) is 0. The molecule has 2 aromatic rings. The van der Waals surface area contributed by atoms with Crippen LogP contribution in [0.5, 0.6) is 0 Å². The lowest BCUT2D eigenvalue weighted by molar-refractivity contribution is -0.110. The Morgan fingerprint density at radius 2 is 2.11 bits per heavy atom. The molecular weight excluding hydrogens is 231 g/mol. The fourth-order valence-corrected chi connectivity index (χ4v) is 1.91. The first-order valence-electron chi connectivity index (χ1n) is 5.48. The number of fused-ring (bicyclic) bond motifs is 1. The number of hydrogen-bond acceptors (Lipinski definition) is 2. The monoisotopic (exact) mass is 240 g/mol. The van der Waals surface area contributed by atoms with Crippen LogP contribution >= 0.6 is 0 Å². The van der Waals surface area contributed by atoms with E-state index in [2.05, 4.69) is 10.3 Å². The Hall–Kier alpha value is -2.49. The summed E-state index contributed by atoms with van der Waals surface area (Å²) in [5.41, 5.74) is 2.30. The third-order valence-corrected chi connectivity index (χ3v) is 2.74. The van der Waals surface area contributed by atoms with Crippen molar-refractivity contribution in [2.45, 2.75) is 0 Å². The minimum absolute atomic E-state index is 0.235. The fraction of sp³-hybridized carbons (Fsp3) is 0. The topological polar surface area (TPSA) is 42.0 Å². The van der Waals surface area contributed by atoms with Crippen molar-refractivity contribution in [2.75, 3.05) is 5.32 Å². The number of benzene rings is 1. The summed E-state index contributed by atoms with van der Waals surface area (Å²) < 4.78 is 13.2. The lowest BCUT2D eigenvalue weighted by Gasteiger charge is -1.98. The molecule has 18 heavy (non-hydrogen) atoms. The second kappa shape index (κ2) is 4.07. The Kier molecular flexibility index (Phi) is 2.41. The molecule has 3 rings (SSSR count). The van der Waals surface area contributed by atoms with E-state index >= 15 is 0 Å². The highest BCUT2D eigenvalue weighted by atomic mass is 19.1. The number of amides is 1. The van der Waals surface area contributed by atoms with E-state index in [1.165, 1.54) is 12.1 Å². The van der Waals surface area contributed by atoms with Gasteiger partial charge < -0.3 is 5.32 Å². The van der Waals surface area contributed by atoms with Crippen LogP contribution in [0.4, 0.5) is 10.1 Å². The first-order valence-corrected chi connectivity index (χ1v) is 5.48. The molecule has 0 radical (unpaired) electrons. The molecule has 1 aliphatic heterocycles. The summed E-state index contributed by atoms with van der Waals surface area (Å²) in [5.74, 6) is -0.599. The van der Waals surface area contributed by atoms with Crippen molar-refractivity contribution >= 4 is 23.2 Å². The number of carbonyl (C=O) groups is 1. The number of rotatable bonds is 1. The van der Waals surface area contributed by atoms with Gasteiger partial charge in [-0.05, 0) is 36.4 Å². The summed E-state index contributed by atoms with van der Waals surface area (Å²) in [6.45, 7) is 0. The molecule has 1 aliphatic rings. The van der Waals surface area contributed by atoms with Crippen molar-refractivity contribution in [3.63, 3.8) is 0 Å². The highest BCUT2D eigenvalue weighted by Crippen LogP contribution is 2.33. The molecule has 1 N–H and O–H groups in total. The zero-order valence-electron chi connectivity index (χ0n) is 9.35. The van der Waals surface area contributed by atoms with Gasteiger partial charge in [0.05, 0.1) is 11.3 Å². The average Bonchev–Trinajstić information content (AvgIpc) is 2.67. The summed E-state index contributed by atoms with van der Waals surface area (Å²) in [5, 5.41) is 2.69. The number of aromatic nitrogens is 1. The van der Waals surface area contributed by atoms with Crippen LogP contribution in [0.1, 0.15) is 11.3 Å². The number of hydrogen-bond donors (Lipinski definition) is 1. The normalized spacial score (nSPS) is 15.6. The maximum absolute atomic E-state index is 13.2. The van der Waals surface area contributed by atoms with Crippen LogP contribution in [0, 0.1) is 5.82 Å². The van der Waals surface area contributed by atoms with Crippen LogP contribution in [0.25, 0.3) is 11.6 Å². The Balaban J connectivity index is 2.12. The van der Waals surface area contributed by atoms with Gasteiger partial charge in [-0.15, -0.1) is 0 Å². The molecule has 0 spiro atoms. The van der Waals surface area contributed by atoms with Crippen LogP contribution in [-0.4, -0.2) is 10.9 Å². The minimum atomic E-state index is -0.364. The Labute approximate surface area is 103 Å². The van der Waals surface area contributed by atoms with E-state index in [0.29, 0.717) is 22.5 Å². The Morgan fingerprint density at radius 3 is 2.89 bits per heavy atom. The predicted octanol–water partition coefficient (Wildman–Crippen LogP) is 2.71. The second-order valence-corrected chi connectivity index (χ2v) is 3.96. The summed E-state index contributed by atoms with van der Waals surface area (Å²) in [6.07, 6.45) is 3.30. The van der Waals surface area contributed by atoms with Gasteiger partial charge in [-0.1, -0.05) is 6.07 Å². The number of halogens is 1. The van der Waals surface area contributed by atoms with Crippen molar-refractivity contribution in [1.29, 1.82) is 0 Å². The molecule has 0 aliphatic carbocycles. The first-order chi connectivity index (χ1) is 8.74. The van der Waals surface area contributed by atoms with Gasteiger partial charge in [0.25, 0.3) is 5.91 Å². The Morgan fingerprint density at radius 1 is 1.22 bits per heavy atom. The molecule has 0 atom stereocenters. The van der Waals surface area contributed by atoms with Crippen molar-refractivity contribution < 1.29 is 9.18 Å². The molecule has 0 saturated heterocycles. The highest BCUT2D eigenvalue weighted by Gasteiger charge is 2.24. The van der Waals surface area contributed by atoms with Crippen molar-refractivity contribution in [3.05, 3.63) is 59.7 Å². The molecule has 0 saturated carbocycles. The third kappa shape index (κ3) is 1.78. The van der Waals surface area contributed by atoms with Crippen LogP contribution in [0.3, 0.4) is 0 Å². The van der Waals surface area contributed by atoms with Gasteiger partial charge in [-0.3, -0.25) is 9.78 Å². The Bertz CT molecular complexity index is 650. The molecule has 3 nitrogen and oxygen atoms in total. The molecule has 1 aromatic carbocycles. The van der Waals surface area contributed by atoms with Crippen molar-refractivity contribution in [1.82, 2.24) is 4.98 Å². The number of carbonyl (C=O) groups excluding carboxylic acids is 1. The largest absolute Gasteiger partial charge is 0.321 e. The van der Waals surface area contributed by atoms with Gasteiger partial charge in [0, 0.05) is 17.4 Å². The van der Waals surface area contributed by atoms with Crippen LogP contribution in [0.15, 0.2) is 42.6 Å². The smallest absolute Gasteiger partial charge is 0.256 e. The average molecular weight is 240 g/mol. The molecule has 1 amide bonds. The van der Waals surface area contributed by atoms with Gasteiger partial charge in [0.1, 0.15) is 5.82 Å². The highest BCUT2D eigenvalue weighted by molar-refractivity contribution is 6.34. The van der Waals surface area contributed by atoms with E-state index in [1.807, 2.05) is 6.07 Å². The first kappa shape index (κ1) is 10.7. The van der Waals surface area contributed by atoms with E-state index in [4.69, 9.17) is 0 Å². The second-order valence-electron chi connectivity index (χ2n) is 3.96. The number of anilines is 1. The summed E-state index contributed by atoms with van der Waals surface area (Å²) in [6, 6.07) is 9.65. The number of nitrogens with zero attached hydrogens (tertiary/aromatic N) is 1. The molecule has 1 aromatic heterocycles. The standard InChI is InChI=1S/C14H9FN2O/c15-9-4-5-13-11(7-9)12(14(18)17-13)8-10-3-1-2-6-16-10/h1-8H,(H,17,18)/b12-8-. The lowest BCUT2D eigenvalue weighted by Crippen LogP contribution is -2.03. The zero-order valence-corrected chi connectivity index (χ0v) is 9.35. The molecule has 0 fully saturated rings. The molecule has 0 unspecified atom stereocenters. The van der Waals surface area contributed by atoms with E-state index in [-0.39, 0.29) is 11.7 Å². The quantitative estimate of drug-likeness (QED) is 0.779. The zero-order chi connectivity index (χ0) is 12.5. The number of pyridine rings is 1. The number of nitrogens with one attached hydrogen (secondary N) is 1. The molecule has 2 heterocycles. The van der Waals surface area contributed by atoms with Gasteiger partial charge in [-0.2, -0.15) is 0 Å². The van der Waals surface area contributed by atoms with E-state index in [9.17, 15) is 9.18 Å². The van der Waals surface area contributed by atoms with Gasteiger partial charge in [0.15, 0.2) is 0 Å². The maximum Gasteiger partial charge on any atom is 0.256 e. The van der Waals surface area contributed by atoms with Gasteiger partial charge in [-0.25, -0.2) is 4.39 Å².